The number of benzene rings is 2. The maximum absolute atomic E-state index is 11.6. The molecule has 0 fully saturated rings. The van der Waals surface area contributed by atoms with Crippen molar-refractivity contribution in [3.05, 3.63) is 66.0 Å². The van der Waals surface area contributed by atoms with Crippen molar-refractivity contribution in [3.8, 4) is 0 Å². The number of nitrogens with two attached hydrogens (primary N) is 1. The first-order valence-corrected chi connectivity index (χ1v) is 8.53. The lowest BCUT2D eigenvalue weighted by Crippen LogP contribution is -2.23. The molecule has 0 unspecified atom stereocenters. The highest BCUT2D eigenvalue weighted by Crippen LogP contribution is 2.24. The molecule has 0 radical (unpaired) electrons. The number of fused-ring (bicyclic) bond motifs is 1. The highest BCUT2D eigenvalue weighted by molar-refractivity contribution is 6.06. The molecule has 0 bridgehead atoms. The number of hydrogen-bond acceptors (Lipinski definition) is 4. The minimum absolute atomic E-state index is 0.253. The number of nitrogens with one attached hydrogen (secondary N) is 1. The van der Waals surface area contributed by atoms with E-state index in [-0.39, 0.29) is 6.04 Å². The van der Waals surface area contributed by atoms with Gasteiger partial charge in [0.15, 0.2) is 0 Å². The molecule has 3 rings (SSSR count). The van der Waals surface area contributed by atoms with Crippen LogP contribution in [0.25, 0.3) is 10.9 Å². The second kappa shape index (κ2) is 7.75. The molecule has 5 nitrogen and oxygen atoms in total. The van der Waals surface area contributed by atoms with Crippen molar-refractivity contribution in [1.29, 1.82) is 0 Å². The molecule has 3 N–H and O–H groups in total. The van der Waals surface area contributed by atoms with Gasteiger partial charge in [0.2, 0.25) is 0 Å². The Kier molecular flexibility index (Phi) is 5.23. The van der Waals surface area contributed by atoms with Gasteiger partial charge in [0.1, 0.15) is 12.1 Å². The molecule has 2 aromatic carbocycles. The average Bonchev–Trinajstić information content (AvgIpc) is 2.62. The lowest BCUT2D eigenvalue weighted by molar-refractivity contribution is 0.100. The van der Waals surface area contributed by atoms with Gasteiger partial charge in [0, 0.05) is 11.4 Å². The smallest absolute Gasteiger partial charge is 0.250 e. The Hall–Kier alpha value is -2.95. The van der Waals surface area contributed by atoms with Crippen molar-refractivity contribution in [2.75, 3.05) is 5.32 Å². The maximum Gasteiger partial charge on any atom is 0.250 e. The van der Waals surface area contributed by atoms with Crippen LogP contribution in [0.4, 0.5) is 5.82 Å². The van der Waals surface area contributed by atoms with Crippen molar-refractivity contribution in [2.24, 2.45) is 5.73 Å². The van der Waals surface area contributed by atoms with E-state index in [9.17, 15) is 4.79 Å². The molecule has 0 aliphatic heterocycles. The second-order valence-electron chi connectivity index (χ2n) is 6.11. The average molecular weight is 334 g/mol. The van der Waals surface area contributed by atoms with Crippen LogP contribution < -0.4 is 11.1 Å². The van der Waals surface area contributed by atoms with Gasteiger partial charge >= 0.3 is 0 Å². The summed E-state index contributed by atoms with van der Waals surface area (Å²) in [7, 11) is 0. The summed E-state index contributed by atoms with van der Waals surface area (Å²) in [5.41, 5.74) is 7.74. The van der Waals surface area contributed by atoms with Gasteiger partial charge in [0.05, 0.1) is 11.1 Å². The summed E-state index contributed by atoms with van der Waals surface area (Å²) in [4.78, 5) is 20.3. The summed E-state index contributed by atoms with van der Waals surface area (Å²) in [5, 5.41) is 4.35. The lowest BCUT2D eigenvalue weighted by Gasteiger charge is -2.20. The van der Waals surface area contributed by atoms with Gasteiger partial charge in [0.25, 0.3) is 5.91 Å². The van der Waals surface area contributed by atoms with Crippen LogP contribution in [0.5, 0.6) is 0 Å². The summed E-state index contributed by atoms with van der Waals surface area (Å²) in [6.45, 7) is 2.17. The summed E-state index contributed by atoms with van der Waals surface area (Å²) in [5.74, 6) is 0.257. The number of carbonyl (C=O) groups excluding carboxylic acids is 1. The van der Waals surface area contributed by atoms with E-state index in [1.54, 1.807) is 6.07 Å². The summed E-state index contributed by atoms with van der Waals surface area (Å²) < 4.78 is 0. The fourth-order valence-corrected chi connectivity index (χ4v) is 3.07. The predicted octanol–water partition coefficient (Wildman–Crippen LogP) is 3.55. The molecular formula is C20H22N4O. The Balaban J connectivity index is 1.92. The first-order valence-electron chi connectivity index (χ1n) is 8.53. The number of amides is 1. The third kappa shape index (κ3) is 3.94. The Morgan fingerprint density at radius 3 is 2.64 bits per heavy atom. The summed E-state index contributed by atoms with van der Waals surface area (Å²) in [6, 6.07) is 16.1. The molecule has 1 aromatic heterocycles. The van der Waals surface area contributed by atoms with Crippen molar-refractivity contribution in [3.63, 3.8) is 0 Å². The van der Waals surface area contributed by atoms with Crippen LogP contribution in [0.1, 0.15) is 35.7 Å². The molecule has 0 aliphatic rings. The van der Waals surface area contributed by atoms with Gasteiger partial charge in [-0.25, -0.2) is 9.97 Å². The van der Waals surface area contributed by atoms with Crippen LogP contribution in [-0.4, -0.2) is 21.9 Å². The lowest BCUT2D eigenvalue weighted by atomic mass is 10.0. The second-order valence-corrected chi connectivity index (χ2v) is 6.11. The third-order valence-electron chi connectivity index (χ3n) is 4.23. The van der Waals surface area contributed by atoms with Gasteiger partial charge in [-0.05, 0) is 30.5 Å². The van der Waals surface area contributed by atoms with E-state index in [1.807, 2.05) is 18.2 Å². The van der Waals surface area contributed by atoms with Gasteiger partial charge in [-0.1, -0.05) is 49.7 Å². The zero-order chi connectivity index (χ0) is 17.6. The van der Waals surface area contributed by atoms with E-state index < -0.39 is 5.91 Å². The Morgan fingerprint density at radius 1 is 1.12 bits per heavy atom. The zero-order valence-corrected chi connectivity index (χ0v) is 14.3. The van der Waals surface area contributed by atoms with E-state index in [2.05, 4.69) is 46.5 Å². The molecule has 5 heteroatoms. The van der Waals surface area contributed by atoms with Gasteiger partial charge in [-0.15, -0.1) is 0 Å². The van der Waals surface area contributed by atoms with Crippen molar-refractivity contribution >= 4 is 22.6 Å². The Morgan fingerprint density at radius 2 is 1.92 bits per heavy atom. The molecule has 128 valence electrons. The maximum atomic E-state index is 11.6. The zero-order valence-electron chi connectivity index (χ0n) is 14.3. The Labute approximate surface area is 147 Å². The number of primary amides is 1. The van der Waals surface area contributed by atoms with Crippen LogP contribution in [0.15, 0.2) is 54.9 Å². The number of hydrogen-bond donors (Lipinski definition) is 2. The minimum atomic E-state index is -0.482. The van der Waals surface area contributed by atoms with Crippen LogP contribution in [0.2, 0.25) is 0 Å². The fraction of sp³-hybridized carbons (Fsp3) is 0.250. The highest BCUT2D eigenvalue weighted by Gasteiger charge is 2.14. The Bertz CT molecular complexity index is 864. The molecular weight excluding hydrogens is 312 g/mol. The summed E-state index contributed by atoms with van der Waals surface area (Å²) in [6.07, 6.45) is 4.48. The third-order valence-corrected chi connectivity index (χ3v) is 4.23. The quantitative estimate of drug-likeness (QED) is 0.692. The van der Waals surface area contributed by atoms with Gasteiger partial charge in [-0.3, -0.25) is 4.79 Å². The van der Waals surface area contributed by atoms with E-state index in [4.69, 9.17) is 5.73 Å². The number of carbonyl (C=O) groups is 1. The van der Waals surface area contributed by atoms with E-state index in [0.29, 0.717) is 11.1 Å². The first-order chi connectivity index (χ1) is 12.2. The number of nitrogens with zero attached hydrogens (tertiary/aromatic N) is 2. The number of rotatable bonds is 7. The normalized spacial score (nSPS) is 12.0. The van der Waals surface area contributed by atoms with E-state index >= 15 is 0 Å². The highest BCUT2D eigenvalue weighted by atomic mass is 16.1. The number of anilines is 1. The summed E-state index contributed by atoms with van der Waals surface area (Å²) >= 11 is 0. The number of para-hydroxylation sites is 1. The monoisotopic (exact) mass is 334 g/mol. The molecule has 0 spiro atoms. The van der Waals surface area contributed by atoms with Crippen molar-refractivity contribution in [2.45, 2.75) is 32.2 Å². The molecule has 25 heavy (non-hydrogen) atoms. The molecule has 1 amide bonds. The number of aromatic nitrogens is 2. The van der Waals surface area contributed by atoms with Crippen molar-refractivity contribution in [1.82, 2.24) is 9.97 Å². The molecule has 0 saturated heterocycles. The predicted molar refractivity (Wildman–Crippen MR) is 101 cm³/mol. The molecule has 1 heterocycles. The van der Waals surface area contributed by atoms with Gasteiger partial charge in [-0.2, -0.15) is 0 Å². The van der Waals surface area contributed by atoms with Crippen LogP contribution in [0.3, 0.4) is 0 Å². The molecule has 3 aromatic rings. The van der Waals surface area contributed by atoms with E-state index in [0.717, 1.165) is 30.5 Å². The topological polar surface area (TPSA) is 80.9 Å². The fourth-order valence-electron chi connectivity index (χ4n) is 3.07. The minimum Gasteiger partial charge on any atom is -0.366 e. The van der Waals surface area contributed by atoms with Crippen LogP contribution in [-0.2, 0) is 6.42 Å². The molecule has 0 aliphatic carbocycles. The van der Waals surface area contributed by atoms with Gasteiger partial charge < -0.3 is 11.1 Å². The standard InChI is InChI=1S/C20H22N4O/c1-2-7-15(12-14-8-4-3-5-9-14)24-20-17-11-6-10-16(19(21)25)18(17)22-13-23-20/h3-6,8-11,13,15H,2,7,12H2,1H3,(H2,21,25)(H,22,23,24)/t15-/m1/s1. The van der Waals surface area contributed by atoms with Crippen LogP contribution >= 0.6 is 0 Å². The first kappa shape index (κ1) is 16.9. The molecule has 1 atom stereocenters. The largest absolute Gasteiger partial charge is 0.366 e. The van der Waals surface area contributed by atoms with E-state index in [1.165, 1.54) is 11.9 Å². The SMILES string of the molecule is CCC[C@H](Cc1ccccc1)Nc1ncnc2c(C(N)=O)cccc12. The van der Waals surface area contributed by atoms with Crippen LogP contribution in [0, 0.1) is 0 Å². The van der Waals surface area contributed by atoms with Crippen molar-refractivity contribution < 1.29 is 4.79 Å². The molecule has 0 saturated carbocycles.